The van der Waals surface area contributed by atoms with Crippen molar-refractivity contribution in [2.75, 3.05) is 25.0 Å². The van der Waals surface area contributed by atoms with Crippen LogP contribution >= 0.6 is 15.9 Å². The topological polar surface area (TPSA) is 44.4 Å². The van der Waals surface area contributed by atoms with E-state index in [1.165, 1.54) is 25.9 Å². The molecule has 1 aromatic carbocycles. The van der Waals surface area contributed by atoms with E-state index < -0.39 is 0 Å². The van der Waals surface area contributed by atoms with Gasteiger partial charge >= 0.3 is 0 Å². The Bertz CT molecular complexity index is 554. The molecule has 4 nitrogen and oxygen atoms in total. The van der Waals surface area contributed by atoms with Crippen molar-refractivity contribution in [3.63, 3.8) is 0 Å². The highest BCUT2D eigenvalue weighted by molar-refractivity contribution is 9.10. The molecule has 3 fully saturated rings. The molecule has 2 unspecified atom stereocenters. The van der Waals surface area contributed by atoms with Crippen molar-refractivity contribution in [2.24, 2.45) is 5.92 Å². The lowest BCUT2D eigenvalue weighted by Crippen LogP contribution is -2.57. The number of halogens is 1. The number of nitrogens with one attached hydrogen (secondary N) is 2. The van der Waals surface area contributed by atoms with Crippen molar-refractivity contribution in [1.29, 1.82) is 0 Å². The van der Waals surface area contributed by atoms with E-state index in [-0.39, 0.29) is 11.9 Å². The second kappa shape index (κ2) is 4.83. The molecule has 2 atom stereocenters. The molecular formula is C15H18BrN3O. The number of nitrogens with zero attached hydrogens (tertiary/aromatic N) is 1. The molecule has 4 aliphatic heterocycles. The molecule has 0 radical (unpaired) electrons. The Labute approximate surface area is 127 Å². The molecule has 106 valence electrons. The summed E-state index contributed by atoms with van der Waals surface area (Å²) in [6.45, 7) is 3.52. The molecule has 4 aliphatic rings. The summed E-state index contributed by atoms with van der Waals surface area (Å²) >= 11 is 3.58. The SMILES string of the molecule is O=C1Nc2cccc(Br)c2C1NC1CN2CCC1CC2. The van der Waals surface area contributed by atoms with Crippen LogP contribution in [0.15, 0.2) is 22.7 Å². The van der Waals surface area contributed by atoms with Gasteiger partial charge in [-0.1, -0.05) is 22.0 Å². The van der Waals surface area contributed by atoms with Gasteiger partial charge in [-0.3, -0.25) is 10.1 Å². The van der Waals surface area contributed by atoms with Crippen LogP contribution in [0.4, 0.5) is 5.69 Å². The summed E-state index contributed by atoms with van der Waals surface area (Å²) in [6, 6.07) is 6.15. The quantitative estimate of drug-likeness (QED) is 0.870. The Morgan fingerprint density at radius 3 is 2.80 bits per heavy atom. The van der Waals surface area contributed by atoms with Crippen LogP contribution in [0.1, 0.15) is 24.4 Å². The average Bonchev–Trinajstić information content (AvgIpc) is 2.78. The highest BCUT2D eigenvalue weighted by Crippen LogP contribution is 2.38. The van der Waals surface area contributed by atoms with Crippen LogP contribution in [0.2, 0.25) is 0 Å². The number of benzene rings is 1. The molecule has 2 bridgehead atoms. The van der Waals surface area contributed by atoms with Crippen LogP contribution in [-0.2, 0) is 4.79 Å². The molecule has 5 heteroatoms. The maximum atomic E-state index is 12.3. The molecule has 0 aliphatic carbocycles. The third-order valence-electron chi connectivity index (χ3n) is 4.90. The van der Waals surface area contributed by atoms with E-state index in [1.54, 1.807) is 0 Å². The van der Waals surface area contributed by atoms with Crippen molar-refractivity contribution in [2.45, 2.75) is 24.9 Å². The van der Waals surface area contributed by atoms with Gasteiger partial charge < -0.3 is 10.2 Å². The van der Waals surface area contributed by atoms with Crippen LogP contribution in [0.25, 0.3) is 0 Å². The highest BCUT2D eigenvalue weighted by Gasteiger charge is 2.39. The molecule has 0 saturated carbocycles. The molecule has 3 saturated heterocycles. The number of fused-ring (bicyclic) bond motifs is 4. The van der Waals surface area contributed by atoms with Crippen LogP contribution in [-0.4, -0.2) is 36.5 Å². The van der Waals surface area contributed by atoms with Gasteiger partial charge in [0.1, 0.15) is 6.04 Å². The number of carbonyl (C=O) groups excluding carboxylic acids is 1. The largest absolute Gasteiger partial charge is 0.324 e. The number of hydrogen-bond donors (Lipinski definition) is 2. The molecule has 4 heterocycles. The molecular weight excluding hydrogens is 318 g/mol. The average molecular weight is 336 g/mol. The minimum atomic E-state index is -0.217. The second-order valence-corrected chi connectivity index (χ2v) is 6.89. The van der Waals surface area contributed by atoms with E-state index in [4.69, 9.17) is 0 Å². The number of piperidine rings is 3. The van der Waals surface area contributed by atoms with Gasteiger partial charge in [0, 0.05) is 28.3 Å². The van der Waals surface area contributed by atoms with E-state index in [0.717, 1.165) is 28.2 Å². The summed E-state index contributed by atoms with van der Waals surface area (Å²) in [5.41, 5.74) is 2.00. The smallest absolute Gasteiger partial charge is 0.246 e. The van der Waals surface area contributed by atoms with E-state index in [0.29, 0.717) is 6.04 Å². The van der Waals surface area contributed by atoms with Gasteiger partial charge in [0.15, 0.2) is 0 Å². The minimum absolute atomic E-state index is 0.0725. The summed E-state index contributed by atoms with van der Waals surface area (Å²) in [4.78, 5) is 14.8. The maximum Gasteiger partial charge on any atom is 0.246 e. The van der Waals surface area contributed by atoms with E-state index >= 15 is 0 Å². The summed E-state index contributed by atoms with van der Waals surface area (Å²) in [5, 5.41) is 6.59. The first-order chi connectivity index (χ1) is 9.72. The Morgan fingerprint density at radius 1 is 1.30 bits per heavy atom. The fourth-order valence-corrected chi connectivity index (χ4v) is 4.40. The second-order valence-electron chi connectivity index (χ2n) is 6.03. The number of rotatable bonds is 2. The van der Waals surface area contributed by atoms with Crippen LogP contribution in [0, 0.1) is 5.92 Å². The standard InChI is InChI=1S/C15H18BrN3O/c16-10-2-1-3-11-13(10)14(15(20)18-11)17-12-8-19-6-4-9(12)5-7-19/h1-3,9,12,14,17H,4-8H2,(H,18,20). The first-order valence-electron chi connectivity index (χ1n) is 7.30. The number of hydrogen-bond acceptors (Lipinski definition) is 3. The zero-order chi connectivity index (χ0) is 13.7. The Hall–Kier alpha value is -0.910. The zero-order valence-electron chi connectivity index (χ0n) is 11.2. The fraction of sp³-hybridized carbons (Fsp3) is 0.533. The molecule has 2 N–H and O–H groups in total. The van der Waals surface area contributed by atoms with Gasteiger partial charge in [0.05, 0.1) is 0 Å². The third-order valence-corrected chi connectivity index (χ3v) is 5.59. The van der Waals surface area contributed by atoms with Crippen LogP contribution in [0.3, 0.4) is 0 Å². The lowest BCUT2D eigenvalue weighted by Gasteiger charge is -2.45. The predicted molar refractivity (Wildman–Crippen MR) is 81.6 cm³/mol. The summed E-state index contributed by atoms with van der Waals surface area (Å²) in [5.74, 6) is 0.794. The first kappa shape index (κ1) is 12.8. The number of carbonyl (C=O) groups is 1. The van der Waals surface area contributed by atoms with Crippen LogP contribution < -0.4 is 10.6 Å². The van der Waals surface area contributed by atoms with Gasteiger partial charge in [-0.15, -0.1) is 0 Å². The summed E-state index contributed by atoms with van der Waals surface area (Å²) < 4.78 is 1.01. The van der Waals surface area contributed by atoms with E-state index in [2.05, 4.69) is 31.5 Å². The zero-order valence-corrected chi connectivity index (χ0v) is 12.8. The maximum absolute atomic E-state index is 12.3. The van der Waals surface area contributed by atoms with Crippen molar-refractivity contribution in [3.8, 4) is 0 Å². The molecule has 5 rings (SSSR count). The molecule has 0 spiro atoms. The molecule has 0 aromatic heterocycles. The predicted octanol–water partition coefficient (Wildman–Crippen LogP) is 2.13. The van der Waals surface area contributed by atoms with E-state index in [1.807, 2.05) is 18.2 Å². The van der Waals surface area contributed by atoms with Crippen molar-refractivity contribution < 1.29 is 4.79 Å². The number of anilines is 1. The third kappa shape index (κ3) is 2.00. The van der Waals surface area contributed by atoms with Gasteiger partial charge in [-0.2, -0.15) is 0 Å². The Kier molecular flexibility index (Phi) is 3.09. The Balaban J connectivity index is 1.59. The molecule has 1 amide bonds. The van der Waals surface area contributed by atoms with Gasteiger partial charge in [0.25, 0.3) is 0 Å². The first-order valence-corrected chi connectivity index (χ1v) is 8.09. The van der Waals surface area contributed by atoms with Crippen molar-refractivity contribution >= 4 is 27.5 Å². The van der Waals surface area contributed by atoms with E-state index in [9.17, 15) is 4.79 Å². The molecule has 20 heavy (non-hydrogen) atoms. The number of amides is 1. The summed E-state index contributed by atoms with van der Waals surface area (Å²) in [6.07, 6.45) is 2.52. The van der Waals surface area contributed by atoms with Crippen molar-refractivity contribution in [3.05, 3.63) is 28.2 Å². The monoisotopic (exact) mass is 335 g/mol. The highest BCUT2D eigenvalue weighted by atomic mass is 79.9. The van der Waals surface area contributed by atoms with Gasteiger partial charge in [-0.25, -0.2) is 0 Å². The normalized spacial score (nSPS) is 35.0. The van der Waals surface area contributed by atoms with Gasteiger partial charge in [-0.05, 0) is 44.0 Å². The minimum Gasteiger partial charge on any atom is -0.324 e. The summed E-state index contributed by atoms with van der Waals surface area (Å²) in [7, 11) is 0. The lowest BCUT2D eigenvalue weighted by molar-refractivity contribution is -0.118. The Morgan fingerprint density at radius 2 is 2.10 bits per heavy atom. The van der Waals surface area contributed by atoms with Gasteiger partial charge in [0.2, 0.25) is 5.91 Å². The van der Waals surface area contributed by atoms with Crippen molar-refractivity contribution in [1.82, 2.24) is 10.2 Å². The van der Waals surface area contributed by atoms with Crippen LogP contribution in [0.5, 0.6) is 0 Å². The molecule has 1 aromatic rings. The fourth-order valence-electron chi connectivity index (χ4n) is 3.80. The lowest BCUT2D eigenvalue weighted by atomic mass is 9.83.